The summed E-state index contributed by atoms with van der Waals surface area (Å²) in [5.41, 5.74) is 3.24. The first-order valence-electron chi connectivity index (χ1n) is 11.7. The van der Waals surface area contributed by atoms with Crippen LogP contribution in [0, 0.1) is 0 Å². The summed E-state index contributed by atoms with van der Waals surface area (Å²) in [7, 11) is 3.04. The smallest absolute Gasteiger partial charge is 0.312 e. The van der Waals surface area contributed by atoms with Crippen molar-refractivity contribution in [3.63, 3.8) is 0 Å². The van der Waals surface area contributed by atoms with Gasteiger partial charge in [-0.3, -0.25) is 9.59 Å². The number of esters is 1. The lowest BCUT2D eigenvalue weighted by Gasteiger charge is -2.26. The molecule has 5 rings (SSSR count). The normalized spacial score (nSPS) is 15.0. The number of hydrogen-bond acceptors (Lipinski definition) is 7. The standard InChI is InChI=1S/C29H26O7/c1-15(2)16-5-7-17(8-6-16)19-12-25(31)36-24-13-21(30)27-28(32)20(14-35-29(27)26(19)24)18-9-10-22(33-3)23(11-18)34-4/h5-11,13-15,19,30H,12H2,1-4H3/t19-/m0/s1. The summed E-state index contributed by atoms with van der Waals surface area (Å²) >= 11 is 0. The van der Waals surface area contributed by atoms with Gasteiger partial charge in [0.05, 0.1) is 26.2 Å². The van der Waals surface area contributed by atoms with Gasteiger partial charge in [0, 0.05) is 17.5 Å². The topological polar surface area (TPSA) is 95.2 Å². The molecule has 0 aliphatic carbocycles. The molecular formula is C29H26O7. The van der Waals surface area contributed by atoms with Gasteiger partial charge in [0.1, 0.15) is 28.7 Å². The molecule has 0 amide bonds. The fourth-order valence-corrected chi connectivity index (χ4v) is 4.73. The predicted molar refractivity (Wildman–Crippen MR) is 135 cm³/mol. The lowest BCUT2D eigenvalue weighted by atomic mass is 9.84. The number of fused-ring (bicyclic) bond motifs is 3. The molecule has 0 saturated carbocycles. The van der Waals surface area contributed by atoms with Gasteiger partial charge in [0.15, 0.2) is 11.5 Å². The number of phenols is 1. The highest BCUT2D eigenvalue weighted by Gasteiger charge is 2.33. The molecule has 184 valence electrons. The number of hydrogen-bond donors (Lipinski definition) is 1. The van der Waals surface area contributed by atoms with Crippen LogP contribution in [0.15, 0.2) is 64.0 Å². The molecule has 0 radical (unpaired) electrons. The minimum atomic E-state index is -0.413. The zero-order chi connectivity index (χ0) is 25.6. The number of rotatable bonds is 5. The second-order valence-electron chi connectivity index (χ2n) is 9.11. The Morgan fingerprint density at radius 1 is 0.972 bits per heavy atom. The highest BCUT2D eigenvalue weighted by molar-refractivity contribution is 5.94. The summed E-state index contributed by atoms with van der Waals surface area (Å²) in [4.78, 5) is 26.0. The second-order valence-corrected chi connectivity index (χ2v) is 9.11. The number of methoxy groups -OCH3 is 2. The Morgan fingerprint density at radius 3 is 2.36 bits per heavy atom. The fraction of sp³-hybridized carbons (Fsp3) is 0.241. The van der Waals surface area contributed by atoms with Crippen LogP contribution in [-0.2, 0) is 4.79 Å². The number of benzene rings is 3. The van der Waals surface area contributed by atoms with Crippen molar-refractivity contribution in [2.75, 3.05) is 14.2 Å². The van der Waals surface area contributed by atoms with Crippen molar-refractivity contribution in [1.29, 1.82) is 0 Å². The van der Waals surface area contributed by atoms with Gasteiger partial charge in [0.25, 0.3) is 0 Å². The molecule has 1 aliphatic heterocycles. The Balaban J connectivity index is 1.70. The molecule has 3 aromatic carbocycles. The van der Waals surface area contributed by atoms with Crippen molar-refractivity contribution in [3.05, 3.63) is 81.7 Å². The summed E-state index contributed by atoms with van der Waals surface area (Å²) in [5.74, 6) is 0.426. The van der Waals surface area contributed by atoms with Crippen LogP contribution in [-0.4, -0.2) is 25.3 Å². The SMILES string of the molecule is COc1ccc(-c2coc3c4c(cc(O)c3c2=O)OC(=O)C[C@H]4c2ccc(C(C)C)cc2)cc1OC. The van der Waals surface area contributed by atoms with E-state index in [1.54, 1.807) is 18.2 Å². The van der Waals surface area contributed by atoms with E-state index in [0.29, 0.717) is 28.5 Å². The van der Waals surface area contributed by atoms with Gasteiger partial charge in [-0.2, -0.15) is 0 Å². The quantitative estimate of drug-likeness (QED) is 0.284. The lowest BCUT2D eigenvalue weighted by Crippen LogP contribution is -2.22. The number of carbonyl (C=O) groups excluding carboxylic acids is 1. The molecule has 1 aromatic heterocycles. The summed E-state index contributed by atoms with van der Waals surface area (Å²) in [6.07, 6.45) is 1.45. The number of aromatic hydroxyl groups is 1. The monoisotopic (exact) mass is 486 g/mol. The van der Waals surface area contributed by atoms with E-state index in [1.807, 2.05) is 24.3 Å². The maximum atomic E-state index is 13.6. The highest BCUT2D eigenvalue weighted by atomic mass is 16.5. The van der Waals surface area contributed by atoms with Crippen LogP contribution in [0.25, 0.3) is 22.1 Å². The molecule has 7 nitrogen and oxygen atoms in total. The third-order valence-corrected chi connectivity index (χ3v) is 6.67. The Bertz CT molecular complexity index is 1530. The number of carbonyl (C=O) groups is 1. The zero-order valence-corrected chi connectivity index (χ0v) is 20.5. The van der Waals surface area contributed by atoms with E-state index in [9.17, 15) is 14.7 Å². The largest absolute Gasteiger partial charge is 0.507 e. The average Bonchev–Trinajstić information content (AvgIpc) is 2.87. The molecule has 2 heterocycles. The van der Waals surface area contributed by atoms with Crippen LogP contribution < -0.4 is 19.6 Å². The van der Waals surface area contributed by atoms with Gasteiger partial charge < -0.3 is 23.7 Å². The van der Waals surface area contributed by atoms with Crippen LogP contribution in [0.2, 0.25) is 0 Å². The molecule has 1 N–H and O–H groups in total. The number of phenolic OH excluding ortho intramolecular Hbond substituents is 1. The first-order chi connectivity index (χ1) is 17.3. The number of ether oxygens (including phenoxy) is 3. The van der Waals surface area contributed by atoms with E-state index in [-0.39, 0.29) is 40.4 Å². The van der Waals surface area contributed by atoms with Gasteiger partial charge in [-0.15, -0.1) is 0 Å². The first kappa shape index (κ1) is 23.5. The van der Waals surface area contributed by atoms with Crippen molar-refractivity contribution < 1.29 is 28.5 Å². The molecule has 0 spiro atoms. The lowest BCUT2D eigenvalue weighted by molar-refractivity contribution is -0.135. The van der Waals surface area contributed by atoms with Crippen LogP contribution in [0.5, 0.6) is 23.0 Å². The van der Waals surface area contributed by atoms with E-state index in [2.05, 4.69) is 13.8 Å². The van der Waals surface area contributed by atoms with Crippen LogP contribution in [0.4, 0.5) is 0 Å². The molecule has 0 unspecified atom stereocenters. The van der Waals surface area contributed by atoms with E-state index in [1.165, 1.54) is 32.1 Å². The van der Waals surface area contributed by atoms with E-state index >= 15 is 0 Å². The van der Waals surface area contributed by atoms with Crippen molar-refractivity contribution in [3.8, 4) is 34.1 Å². The summed E-state index contributed by atoms with van der Waals surface area (Å²) < 4.78 is 22.1. The first-order valence-corrected chi connectivity index (χ1v) is 11.7. The molecule has 0 saturated heterocycles. The maximum Gasteiger partial charge on any atom is 0.312 e. The molecule has 1 atom stereocenters. The third-order valence-electron chi connectivity index (χ3n) is 6.67. The van der Waals surface area contributed by atoms with Crippen molar-refractivity contribution in [2.24, 2.45) is 0 Å². The van der Waals surface area contributed by atoms with Gasteiger partial charge >= 0.3 is 5.97 Å². The Hall–Kier alpha value is -4.26. The highest BCUT2D eigenvalue weighted by Crippen LogP contribution is 2.46. The average molecular weight is 487 g/mol. The predicted octanol–water partition coefficient (Wildman–Crippen LogP) is 5.75. The molecule has 36 heavy (non-hydrogen) atoms. The molecule has 7 heteroatoms. The summed E-state index contributed by atoms with van der Waals surface area (Å²) in [5, 5.41) is 10.8. The van der Waals surface area contributed by atoms with E-state index < -0.39 is 11.4 Å². The fourth-order valence-electron chi connectivity index (χ4n) is 4.73. The molecular weight excluding hydrogens is 460 g/mol. The molecule has 0 fully saturated rings. The van der Waals surface area contributed by atoms with Crippen LogP contribution in [0.3, 0.4) is 0 Å². The maximum absolute atomic E-state index is 13.6. The van der Waals surface area contributed by atoms with E-state index in [0.717, 1.165) is 5.56 Å². The van der Waals surface area contributed by atoms with Crippen LogP contribution in [0.1, 0.15) is 48.8 Å². The van der Waals surface area contributed by atoms with Crippen molar-refractivity contribution >= 4 is 16.9 Å². The van der Waals surface area contributed by atoms with Gasteiger partial charge in [0.2, 0.25) is 5.43 Å². The van der Waals surface area contributed by atoms with Gasteiger partial charge in [-0.1, -0.05) is 44.2 Å². The summed E-state index contributed by atoms with van der Waals surface area (Å²) in [6.45, 7) is 4.23. The third kappa shape index (κ3) is 3.86. The second kappa shape index (κ2) is 9.07. The van der Waals surface area contributed by atoms with E-state index in [4.69, 9.17) is 18.6 Å². The van der Waals surface area contributed by atoms with Crippen molar-refractivity contribution in [1.82, 2.24) is 0 Å². The Kier molecular flexibility index (Phi) is 5.92. The van der Waals surface area contributed by atoms with Crippen molar-refractivity contribution in [2.45, 2.75) is 32.1 Å². The Morgan fingerprint density at radius 2 is 1.69 bits per heavy atom. The molecule has 1 aliphatic rings. The molecule has 0 bridgehead atoms. The molecule has 4 aromatic rings. The van der Waals surface area contributed by atoms with Crippen LogP contribution >= 0.6 is 0 Å². The zero-order valence-electron chi connectivity index (χ0n) is 20.5. The minimum absolute atomic E-state index is 0.0304. The van der Waals surface area contributed by atoms with Gasteiger partial charge in [-0.05, 0) is 34.7 Å². The Labute approximate surface area is 207 Å². The summed E-state index contributed by atoms with van der Waals surface area (Å²) in [6, 6.07) is 14.4. The minimum Gasteiger partial charge on any atom is -0.507 e. The van der Waals surface area contributed by atoms with Gasteiger partial charge in [-0.25, -0.2) is 0 Å².